The van der Waals surface area contributed by atoms with Crippen LogP contribution in [0.5, 0.6) is 0 Å². The van der Waals surface area contributed by atoms with Gasteiger partial charge in [0.25, 0.3) is 10.0 Å². The van der Waals surface area contributed by atoms with Gasteiger partial charge in [-0.3, -0.25) is 9.59 Å². The summed E-state index contributed by atoms with van der Waals surface area (Å²) >= 11 is 2.76. The predicted octanol–water partition coefficient (Wildman–Crippen LogP) is 2.18. The Balaban J connectivity index is 2.05. The first-order valence-electron chi connectivity index (χ1n) is 7.62. The first kappa shape index (κ1) is 20.3. The number of aryl methyl sites for hydroxylation is 1. The number of benzene rings is 1. The van der Waals surface area contributed by atoms with Crippen molar-refractivity contribution in [1.29, 1.82) is 0 Å². The van der Waals surface area contributed by atoms with E-state index in [1.807, 2.05) is 18.6 Å². The maximum absolute atomic E-state index is 12.4. The van der Waals surface area contributed by atoms with E-state index in [2.05, 4.69) is 15.5 Å². The Morgan fingerprint density at radius 3 is 2.38 bits per heavy atom. The number of carbonyl (C=O) groups is 2. The zero-order chi connectivity index (χ0) is 19.3. The van der Waals surface area contributed by atoms with Crippen molar-refractivity contribution >= 4 is 50.6 Å². The molecule has 0 fully saturated rings. The highest BCUT2D eigenvalue weighted by atomic mass is 32.2. The molecule has 0 bridgehead atoms. The average Bonchev–Trinajstić information content (AvgIpc) is 2.97. The lowest BCUT2D eigenvalue weighted by Gasteiger charge is -2.13. The normalized spacial score (nSPS) is 12.4. The second-order valence-electron chi connectivity index (χ2n) is 5.28. The van der Waals surface area contributed by atoms with Gasteiger partial charge in [-0.1, -0.05) is 30.0 Å². The van der Waals surface area contributed by atoms with Crippen molar-refractivity contribution in [3.63, 3.8) is 0 Å². The van der Waals surface area contributed by atoms with Crippen LogP contribution in [0.25, 0.3) is 0 Å². The van der Waals surface area contributed by atoms with Crippen LogP contribution in [0.2, 0.25) is 0 Å². The molecule has 1 aromatic carbocycles. The molecular formula is C15H18N4O4S3. The van der Waals surface area contributed by atoms with Gasteiger partial charge < -0.3 is 5.32 Å². The zero-order valence-electron chi connectivity index (χ0n) is 14.3. The maximum Gasteiger partial charge on any atom is 0.264 e. The van der Waals surface area contributed by atoms with Gasteiger partial charge in [-0.15, -0.1) is 10.2 Å². The molecule has 0 aliphatic carbocycles. The minimum atomic E-state index is -3.89. The molecule has 0 radical (unpaired) electrons. The molecule has 0 aliphatic rings. The first-order valence-corrected chi connectivity index (χ1v) is 10.8. The first-order chi connectivity index (χ1) is 12.2. The number of thioether (sulfide) groups is 1. The highest BCUT2D eigenvalue weighted by Gasteiger charge is 2.21. The van der Waals surface area contributed by atoms with Gasteiger partial charge in [-0.25, -0.2) is 13.1 Å². The summed E-state index contributed by atoms with van der Waals surface area (Å²) in [7, 11) is -3.89. The Bertz CT molecular complexity index is 894. The summed E-state index contributed by atoms with van der Waals surface area (Å²) in [6, 6.07) is 5.59. The minimum absolute atomic E-state index is 0.0588. The molecule has 1 heterocycles. The molecule has 0 saturated carbocycles. The Hall–Kier alpha value is -1.98. The van der Waals surface area contributed by atoms with Gasteiger partial charge in [-0.2, -0.15) is 0 Å². The summed E-state index contributed by atoms with van der Waals surface area (Å²) in [5, 5.41) is 11.2. The third-order valence-electron chi connectivity index (χ3n) is 3.12. The molecule has 140 valence electrons. The van der Waals surface area contributed by atoms with Crippen LogP contribution in [0.3, 0.4) is 0 Å². The number of aromatic nitrogens is 2. The zero-order valence-corrected chi connectivity index (χ0v) is 16.8. The van der Waals surface area contributed by atoms with Crippen LogP contribution in [-0.4, -0.2) is 35.7 Å². The molecule has 2 N–H and O–H groups in total. The number of carbonyl (C=O) groups excluding carboxylic acids is 2. The van der Waals surface area contributed by atoms with Crippen LogP contribution in [0, 0.1) is 6.92 Å². The van der Waals surface area contributed by atoms with Gasteiger partial charge >= 0.3 is 0 Å². The molecule has 0 aliphatic heterocycles. The van der Waals surface area contributed by atoms with Gasteiger partial charge in [0, 0.05) is 12.6 Å². The van der Waals surface area contributed by atoms with E-state index < -0.39 is 15.9 Å². The molecule has 8 nitrogen and oxygen atoms in total. The number of anilines is 1. The topological polar surface area (TPSA) is 118 Å². The standard InChI is InChI=1S/C15H18N4O4S3/c1-4-13(25-15-18-17-10(3)24-15)14(21)16-11-5-7-12(8-6-11)26(22,23)19-9(2)20/h5-8,13H,4H2,1-3H3,(H,16,21)(H,19,20). The van der Waals surface area contributed by atoms with Crippen LogP contribution in [0.4, 0.5) is 5.69 Å². The van der Waals surface area contributed by atoms with Crippen LogP contribution >= 0.6 is 23.1 Å². The summed E-state index contributed by atoms with van der Waals surface area (Å²) in [6.07, 6.45) is 0.601. The lowest BCUT2D eigenvalue weighted by molar-refractivity contribution is -0.117. The van der Waals surface area contributed by atoms with Crippen LogP contribution in [0.15, 0.2) is 33.5 Å². The van der Waals surface area contributed by atoms with Gasteiger partial charge in [0.2, 0.25) is 11.8 Å². The Kier molecular flexibility index (Phi) is 6.73. The highest BCUT2D eigenvalue weighted by molar-refractivity contribution is 8.02. The average molecular weight is 415 g/mol. The molecular weight excluding hydrogens is 396 g/mol. The second kappa shape index (κ2) is 8.60. The number of hydrogen-bond acceptors (Lipinski definition) is 8. The third kappa shape index (κ3) is 5.51. The molecule has 0 saturated heterocycles. The number of rotatable bonds is 7. The van der Waals surface area contributed by atoms with E-state index in [0.717, 1.165) is 16.3 Å². The molecule has 26 heavy (non-hydrogen) atoms. The van der Waals surface area contributed by atoms with E-state index in [-0.39, 0.29) is 16.1 Å². The molecule has 2 aromatic rings. The maximum atomic E-state index is 12.4. The molecule has 2 rings (SSSR count). The van der Waals surface area contributed by atoms with E-state index in [1.54, 1.807) is 0 Å². The van der Waals surface area contributed by atoms with E-state index >= 15 is 0 Å². The van der Waals surface area contributed by atoms with Crippen molar-refractivity contribution in [2.24, 2.45) is 0 Å². The fourth-order valence-corrected chi connectivity index (χ4v) is 4.93. The fraction of sp³-hybridized carbons (Fsp3) is 0.333. The summed E-state index contributed by atoms with van der Waals surface area (Å²) in [5.74, 6) is -0.875. The molecule has 11 heteroatoms. The van der Waals surface area contributed by atoms with E-state index in [4.69, 9.17) is 0 Å². The van der Waals surface area contributed by atoms with Crippen molar-refractivity contribution in [3.8, 4) is 0 Å². The molecule has 0 spiro atoms. The van der Waals surface area contributed by atoms with Gasteiger partial charge in [-0.05, 0) is 37.6 Å². The van der Waals surface area contributed by atoms with Crippen LogP contribution in [-0.2, 0) is 19.6 Å². The lowest BCUT2D eigenvalue weighted by Crippen LogP contribution is -2.28. The summed E-state index contributed by atoms with van der Waals surface area (Å²) in [5.41, 5.74) is 0.462. The van der Waals surface area contributed by atoms with Gasteiger partial charge in [0.15, 0.2) is 4.34 Å². The largest absolute Gasteiger partial charge is 0.325 e. The summed E-state index contributed by atoms with van der Waals surface area (Å²) in [4.78, 5) is 23.3. The highest BCUT2D eigenvalue weighted by Crippen LogP contribution is 2.29. The van der Waals surface area contributed by atoms with Crippen molar-refractivity contribution in [1.82, 2.24) is 14.9 Å². The molecule has 2 amide bonds. The Morgan fingerprint density at radius 1 is 1.23 bits per heavy atom. The molecule has 1 atom stereocenters. The summed E-state index contributed by atoms with van der Waals surface area (Å²) < 4.78 is 26.4. The number of nitrogens with zero attached hydrogens (tertiary/aromatic N) is 2. The lowest BCUT2D eigenvalue weighted by atomic mass is 10.3. The number of hydrogen-bond donors (Lipinski definition) is 2. The molecule has 1 aromatic heterocycles. The Morgan fingerprint density at radius 2 is 1.88 bits per heavy atom. The van der Waals surface area contributed by atoms with Crippen molar-refractivity contribution in [2.45, 2.75) is 41.7 Å². The van der Waals surface area contributed by atoms with Gasteiger partial charge in [0.05, 0.1) is 10.1 Å². The smallest absolute Gasteiger partial charge is 0.264 e. The summed E-state index contributed by atoms with van der Waals surface area (Å²) in [6.45, 7) is 4.86. The Labute approximate surface area is 159 Å². The van der Waals surface area contributed by atoms with Gasteiger partial charge in [0.1, 0.15) is 5.01 Å². The van der Waals surface area contributed by atoms with Crippen LogP contribution < -0.4 is 10.0 Å². The van der Waals surface area contributed by atoms with Crippen LogP contribution in [0.1, 0.15) is 25.3 Å². The number of sulfonamides is 1. The van der Waals surface area contributed by atoms with Crippen molar-refractivity contribution in [2.75, 3.05) is 5.32 Å². The predicted molar refractivity (Wildman–Crippen MR) is 101 cm³/mol. The van der Waals surface area contributed by atoms with E-state index in [0.29, 0.717) is 12.1 Å². The number of amides is 2. The fourth-order valence-electron chi connectivity index (χ4n) is 1.96. The van der Waals surface area contributed by atoms with E-state index in [1.165, 1.54) is 47.4 Å². The molecule has 1 unspecified atom stereocenters. The number of nitrogens with one attached hydrogen (secondary N) is 2. The minimum Gasteiger partial charge on any atom is -0.325 e. The quantitative estimate of drug-likeness (QED) is 0.667. The van der Waals surface area contributed by atoms with Crippen molar-refractivity contribution in [3.05, 3.63) is 29.3 Å². The van der Waals surface area contributed by atoms with E-state index in [9.17, 15) is 18.0 Å². The van der Waals surface area contributed by atoms with Crippen molar-refractivity contribution < 1.29 is 18.0 Å². The monoisotopic (exact) mass is 414 g/mol. The second-order valence-corrected chi connectivity index (χ2v) is 9.59. The SMILES string of the molecule is CCC(Sc1nnc(C)s1)C(=O)Nc1ccc(S(=O)(=O)NC(C)=O)cc1. The third-order valence-corrected chi connectivity index (χ3v) is 6.86.